The van der Waals surface area contributed by atoms with E-state index in [9.17, 15) is 13.2 Å². The Balaban J connectivity index is 1.39. The molecule has 170 valence electrons. The smallest absolute Gasteiger partial charge is 0.303 e. The molecule has 2 aromatic heterocycles. The lowest BCUT2D eigenvalue weighted by atomic mass is 9.84. The summed E-state index contributed by atoms with van der Waals surface area (Å²) in [4.78, 5) is 14.9. The van der Waals surface area contributed by atoms with Crippen LogP contribution in [-0.2, 0) is 42.8 Å². The Hall–Kier alpha value is -1.46. The van der Waals surface area contributed by atoms with Gasteiger partial charge in [0.2, 0.25) is 0 Å². The van der Waals surface area contributed by atoms with Crippen molar-refractivity contribution < 1.29 is 22.7 Å². The van der Waals surface area contributed by atoms with Gasteiger partial charge >= 0.3 is 5.97 Å². The summed E-state index contributed by atoms with van der Waals surface area (Å²) in [6.45, 7) is 4.56. The predicted octanol–water partition coefficient (Wildman–Crippen LogP) is 2.77. The molecule has 0 bridgehead atoms. The number of hydrogen-bond acceptors (Lipinski definition) is 8. The number of thiophene rings is 1. The molecule has 0 aliphatic carbocycles. The maximum absolute atomic E-state index is 11.5. The second-order valence-electron chi connectivity index (χ2n) is 8.26. The zero-order chi connectivity index (χ0) is 22.2. The molecule has 31 heavy (non-hydrogen) atoms. The minimum atomic E-state index is -3.01. The first-order valence-electron chi connectivity index (χ1n) is 10.2. The predicted molar refractivity (Wildman–Crippen MR) is 118 cm³/mol. The van der Waals surface area contributed by atoms with E-state index in [4.69, 9.17) is 21.1 Å². The molecule has 1 unspecified atom stereocenters. The lowest BCUT2D eigenvalue weighted by molar-refractivity contribution is -0.166. The van der Waals surface area contributed by atoms with E-state index in [1.54, 1.807) is 10.9 Å². The summed E-state index contributed by atoms with van der Waals surface area (Å²) in [5.74, 6) is -0.248. The van der Waals surface area contributed by atoms with Crippen LogP contribution in [0, 0.1) is 0 Å². The van der Waals surface area contributed by atoms with E-state index < -0.39 is 15.9 Å². The lowest BCUT2D eigenvalue weighted by Gasteiger charge is -2.45. The van der Waals surface area contributed by atoms with Crippen LogP contribution in [0.5, 0.6) is 0 Å². The minimum Gasteiger partial charge on any atom is -0.455 e. The molecule has 4 heterocycles. The Morgan fingerprint density at radius 2 is 2.16 bits per heavy atom. The molecule has 1 atom stereocenters. The lowest BCUT2D eigenvalue weighted by Crippen LogP contribution is -2.46. The van der Waals surface area contributed by atoms with Crippen molar-refractivity contribution in [1.82, 2.24) is 14.7 Å². The number of likely N-dealkylation sites (tertiary alicyclic amines) is 1. The largest absolute Gasteiger partial charge is 0.455 e. The average Bonchev–Trinajstić information content (AvgIpc) is 3.30. The molecule has 2 aliphatic heterocycles. The number of carbonyl (C=O) groups is 1. The van der Waals surface area contributed by atoms with Gasteiger partial charge in [-0.05, 0) is 18.9 Å². The van der Waals surface area contributed by atoms with Crippen LogP contribution >= 0.6 is 22.9 Å². The Morgan fingerprint density at radius 1 is 1.42 bits per heavy atom. The van der Waals surface area contributed by atoms with Gasteiger partial charge in [-0.2, -0.15) is 5.10 Å². The number of halogens is 1. The maximum Gasteiger partial charge on any atom is 0.303 e. The van der Waals surface area contributed by atoms with E-state index in [0.29, 0.717) is 17.5 Å². The summed E-state index contributed by atoms with van der Waals surface area (Å²) in [5.41, 5.74) is 1.64. The quantitative estimate of drug-likeness (QED) is 0.578. The third kappa shape index (κ3) is 5.31. The van der Waals surface area contributed by atoms with Crippen molar-refractivity contribution in [3.05, 3.63) is 38.8 Å². The number of hydrogen-bond donors (Lipinski definition) is 0. The van der Waals surface area contributed by atoms with Crippen molar-refractivity contribution in [1.29, 1.82) is 0 Å². The zero-order valence-corrected chi connectivity index (χ0v) is 19.9. The fourth-order valence-electron chi connectivity index (χ4n) is 4.23. The number of carbonyl (C=O) groups excluding carboxylic acids is 1. The summed E-state index contributed by atoms with van der Waals surface area (Å²) in [7, 11) is -3.01. The first-order valence-corrected chi connectivity index (χ1v) is 13.4. The number of esters is 1. The van der Waals surface area contributed by atoms with Crippen LogP contribution in [-0.4, -0.2) is 60.8 Å². The van der Waals surface area contributed by atoms with E-state index in [1.165, 1.54) is 24.5 Å². The Bertz CT molecular complexity index is 1060. The molecule has 0 amide bonds. The van der Waals surface area contributed by atoms with E-state index in [-0.39, 0.29) is 17.3 Å². The van der Waals surface area contributed by atoms with Gasteiger partial charge in [0.15, 0.2) is 6.10 Å². The Labute approximate surface area is 191 Å². The molecular formula is C20H26ClN3O5S2. The number of fused-ring (bicyclic) bond motifs is 2. The second kappa shape index (κ2) is 8.82. The van der Waals surface area contributed by atoms with Gasteiger partial charge in [0.25, 0.3) is 0 Å². The monoisotopic (exact) mass is 487 g/mol. The minimum absolute atomic E-state index is 0.0811. The summed E-state index contributed by atoms with van der Waals surface area (Å²) in [5, 5.41) is 4.28. The molecule has 0 aromatic carbocycles. The molecule has 4 rings (SSSR count). The fraction of sp³-hybridized carbons (Fsp3) is 0.600. The first kappa shape index (κ1) is 22.7. The molecule has 0 radical (unpaired) electrons. The summed E-state index contributed by atoms with van der Waals surface area (Å²) >= 11 is 7.82. The highest BCUT2D eigenvalue weighted by Gasteiger charge is 2.45. The van der Waals surface area contributed by atoms with Gasteiger partial charge < -0.3 is 9.47 Å². The van der Waals surface area contributed by atoms with Crippen LogP contribution in [0.15, 0.2) is 18.5 Å². The van der Waals surface area contributed by atoms with Gasteiger partial charge in [0, 0.05) is 55.0 Å². The van der Waals surface area contributed by atoms with Crippen LogP contribution in [0.2, 0.25) is 4.34 Å². The first-order chi connectivity index (χ1) is 14.6. The van der Waals surface area contributed by atoms with Crippen molar-refractivity contribution in [2.45, 2.75) is 44.6 Å². The van der Waals surface area contributed by atoms with Crippen LogP contribution < -0.4 is 0 Å². The van der Waals surface area contributed by atoms with Crippen molar-refractivity contribution in [3.8, 4) is 0 Å². The standard InChI is InChI=1S/C20H26ClN3O5S2/c1-14(25)29-17-13-28-20(19-16(17)9-18(21)30-19)3-5-23(6-4-20)11-15-10-22-24(12-15)7-8-31(2,26)27/h9-10,12,17H,3-8,11,13H2,1-2H3. The molecule has 0 N–H and O–H groups in total. The SMILES string of the molecule is CC(=O)OC1COC2(CCN(Cc3cnn(CCS(C)(=O)=O)c3)CC2)c2sc(Cl)cc21. The van der Waals surface area contributed by atoms with E-state index in [0.717, 1.165) is 48.5 Å². The molecule has 8 nitrogen and oxygen atoms in total. The van der Waals surface area contributed by atoms with E-state index in [2.05, 4.69) is 10.00 Å². The van der Waals surface area contributed by atoms with Crippen molar-refractivity contribution in [3.63, 3.8) is 0 Å². The number of ether oxygens (including phenoxy) is 2. The summed E-state index contributed by atoms with van der Waals surface area (Å²) in [6.07, 6.45) is 6.18. The van der Waals surface area contributed by atoms with Gasteiger partial charge in [-0.3, -0.25) is 14.4 Å². The molecule has 11 heteroatoms. The van der Waals surface area contributed by atoms with Gasteiger partial charge in [-0.1, -0.05) is 11.6 Å². The van der Waals surface area contributed by atoms with Gasteiger partial charge in [0.05, 0.1) is 29.4 Å². The van der Waals surface area contributed by atoms with Crippen LogP contribution in [0.1, 0.15) is 41.9 Å². The third-order valence-corrected chi connectivity index (χ3v) is 8.15. The van der Waals surface area contributed by atoms with Crippen molar-refractivity contribution >= 4 is 38.7 Å². The highest BCUT2D eigenvalue weighted by Crippen LogP contribution is 2.49. The summed E-state index contributed by atoms with van der Waals surface area (Å²) in [6, 6.07) is 1.90. The van der Waals surface area contributed by atoms with E-state index in [1.807, 2.05) is 12.3 Å². The molecular weight excluding hydrogens is 462 g/mol. The number of aromatic nitrogens is 2. The average molecular weight is 488 g/mol. The molecule has 2 aliphatic rings. The highest BCUT2D eigenvalue weighted by molar-refractivity contribution is 7.90. The van der Waals surface area contributed by atoms with Gasteiger partial charge in [-0.25, -0.2) is 8.42 Å². The molecule has 1 fully saturated rings. The topological polar surface area (TPSA) is 90.7 Å². The van der Waals surface area contributed by atoms with Crippen LogP contribution in [0.3, 0.4) is 0 Å². The van der Waals surface area contributed by atoms with Crippen LogP contribution in [0.25, 0.3) is 0 Å². The second-order valence-corrected chi connectivity index (χ2v) is 12.2. The normalized spacial score (nSPS) is 21.2. The third-order valence-electron chi connectivity index (χ3n) is 5.76. The van der Waals surface area contributed by atoms with Gasteiger partial charge in [0.1, 0.15) is 15.4 Å². The Kier molecular flexibility index (Phi) is 6.47. The van der Waals surface area contributed by atoms with E-state index >= 15 is 0 Å². The molecule has 1 spiro atoms. The van der Waals surface area contributed by atoms with Crippen molar-refractivity contribution in [2.24, 2.45) is 0 Å². The number of nitrogens with zero attached hydrogens (tertiary/aromatic N) is 3. The molecule has 1 saturated heterocycles. The van der Waals surface area contributed by atoms with Gasteiger partial charge in [-0.15, -0.1) is 11.3 Å². The zero-order valence-electron chi connectivity index (χ0n) is 17.5. The number of aryl methyl sites for hydroxylation is 1. The molecule has 2 aromatic rings. The Morgan fingerprint density at radius 3 is 2.84 bits per heavy atom. The fourth-order valence-corrected chi connectivity index (χ4v) is 6.23. The summed E-state index contributed by atoms with van der Waals surface area (Å²) < 4.78 is 36.8. The number of rotatable bonds is 6. The molecule has 0 saturated carbocycles. The highest BCUT2D eigenvalue weighted by atomic mass is 35.5. The number of sulfone groups is 1. The number of piperidine rings is 1. The maximum atomic E-state index is 11.5. The van der Waals surface area contributed by atoms with Crippen molar-refractivity contribution in [2.75, 3.05) is 31.7 Å². The van der Waals surface area contributed by atoms with Crippen LogP contribution in [0.4, 0.5) is 0 Å².